The average Bonchev–Trinajstić information content (AvgIpc) is 3.09. The van der Waals surface area contributed by atoms with Crippen LogP contribution in [0.4, 0.5) is 0 Å². The zero-order valence-corrected chi connectivity index (χ0v) is 10.5. The number of hydrogen-bond donors (Lipinski definition) is 1. The zero-order chi connectivity index (χ0) is 11.4. The van der Waals surface area contributed by atoms with Gasteiger partial charge in [-0.1, -0.05) is 49.6 Å². The highest BCUT2D eigenvalue weighted by Crippen LogP contribution is 2.35. The molecule has 2 rings (SSSR count). The first kappa shape index (κ1) is 11.7. The molecule has 1 aliphatic carbocycles. The van der Waals surface area contributed by atoms with Crippen molar-refractivity contribution in [3.8, 4) is 0 Å². The molecule has 1 aliphatic rings. The molecule has 1 aromatic rings. The lowest BCUT2D eigenvalue weighted by Crippen LogP contribution is -2.20. The van der Waals surface area contributed by atoms with Crippen LogP contribution in [0.5, 0.6) is 0 Å². The molecule has 0 bridgehead atoms. The highest BCUT2D eigenvalue weighted by molar-refractivity contribution is 5.24. The van der Waals surface area contributed by atoms with Gasteiger partial charge in [-0.15, -0.1) is 0 Å². The van der Waals surface area contributed by atoms with Crippen LogP contribution < -0.4 is 5.32 Å². The zero-order valence-electron chi connectivity index (χ0n) is 10.5. The van der Waals surface area contributed by atoms with E-state index in [9.17, 15) is 0 Å². The number of aryl methyl sites for hydroxylation is 1. The van der Waals surface area contributed by atoms with Crippen LogP contribution in [0.1, 0.15) is 49.8 Å². The van der Waals surface area contributed by atoms with Crippen LogP contribution in [0.25, 0.3) is 0 Å². The second kappa shape index (κ2) is 5.49. The van der Waals surface area contributed by atoms with Gasteiger partial charge in [0.2, 0.25) is 0 Å². The molecule has 1 fully saturated rings. The molecule has 0 heterocycles. The van der Waals surface area contributed by atoms with E-state index >= 15 is 0 Å². The minimum absolute atomic E-state index is 0.561. The third-order valence-corrected chi connectivity index (χ3v) is 3.49. The van der Waals surface area contributed by atoms with Crippen LogP contribution >= 0.6 is 0 Å². The summed E-state index contributed by atoms with van der Waals surface area (Å²) in [5.74, 6) is 1.03. The summed E-state index contributed by atoms with van der Waals surface area (Å²) >= 11 is 0. The van der Waals surface area contributed by atoms with Crippen LogP contribution in [0.2, 0.25) is 0 Å². The van der Waals surface area contributed by atoms with E-state index in [0.717, 1.165) is 12.5 Å². The topological polar surface area (TPSA) is 12.0 Å². The van der Waals surface area contributed by atoms with E-state index in [4.69, 9.17) is 0 Å². The van der Waals surface area contributed by atoms with E-state index in [2.05, 4.69) is 43.4 Å². The van der Waals surface area contributed by atoms with Crippen molar-refractivity contribution in [1.82, 2.24) is 5.32 Å². The maximum absolute atomic E-state index is 3.60. The summed E-state index contributed by atoms with van der Waals surface area (Å²) in [6, 6.07) is 9.55. The smallest absolute Gasteiger partial charge is 0.0320 e. The molecule has 1 atom stereocenters. The van der Waals surface area contributed by atoms with Crippen molar-refractivity contribution in [3.05, 3.63) is 35.4 Å². The molecule has 0 amide bonds. The van der Waals surface area contributed by atoms with E-state index in [0.29, 0.717) is 6.04 Å². The molecule has 0 saturated heterocycles. The molecule has 1 N–H and O–H groups in total. The molecule has 1 unspecified atom stereocenters. The van der Waals surface area contributed by atoms with Gasteiger partial charge in [-0.05, 0) is 37.8 Å². The number of benzene rings is 1. The van der Waals surface area contributed by atoms with E-state index < -0.39 is 0 Å². The van der Waals surface area contributed by atoms with Crippen molar-refractivity contribution in [3.63, 3.8) is 0 Å². The van der Waals surface area contributed by atoms with Crippen molar-refractivity contribution in [1.29, 1.82) is 0 Å². The Hall–Kier alpha value is -0.820. The SMILES string of the molecule is CCNC(CCC1CC1)c1ccc(C)cc1. The van der Waals surface area contributed by atoms with E-state index in [1.54, 1.807) is 0 Å². The lowest BCUT2D eigenvalue weighted by molar-refractivity contribution is 0.481. The van der Waals surface area contributed by atoms with Gasteiger partial charge in [0.25, 0.3) is 0 Å². The summed E-state index contributed by atoms with van der Waals surface area (Å²) < 4.78 is 0. The molecule has 88 valence electrons. The Morgan fingerprint density at radius 2 is 1.94 bits per heavy atom. The van der Waals surface area contributed by atoms with Crippen LogP contribution in [0.3, 0.4) is 0 Å². The van der Waals surface area contributed by atoms with Gasteiger partial charge in [-0.2, -0.15) is 0 Å². The van der Waals surface area contributed by atoms with Gasteiger partial charge in [0.1, 0.15) is 0 Å². The molecule has 1 saturated carbocycles. The van der Waals surface area contributed by atoms with E-state index in [1.165, 1.54) is 36.8 Å². The van der Waals surface area contributed by atoms with Gasteiger partial charge in [0.05, 0.1) is 0 Å². The first-order chi connectivity index (χ1) is 7.79. The van der Waals surface area contributed by atoms with Gasteiger partial charge in [-0.3, -0.25) is 0 Å². The fourth-order valence-corrected chi connectivity index (χ4v) is 2.24. The van der Waals surface area contributed by atoms with Crippen molar-refractivity contribution in [2.75, 3.05) is 6.54 Å². The fraction of sp³-hybridized carbons (Fsp3) is 0.600. The Labute approximate surface area is 99.3 Å². The van der Waals surface area contributed by atoms with Gasteiger partial charge < -0.3 is 5.32 Å². The van der Waals surface area contributed by atoms with Crippen LogP contribution in [0, 0.1) is 12.8 Å². The van der Waals surface area contributed by atoms with Crippen molar-refractivity contribution < 1.29 is 0 Å². The Morgan fingerprint density at radius 3 is 2.50 bits per heavy atom. The monoisotopic (exact) mass is 217 g/mol. The molecule has 1 heteroatoms. The molecular weight excluding hydrogens is 194 g/mol. The minimum Gasteiger partial charge on any atom is -0.310 e. The highest BCUT2D eigenvalue weighted by atomic mass is 14.9. The molecule has 0 radical (unpaired) electrons. The van der Waals surface area contributed by atoms with Crippen molar-refractivity contribution >= 4 is 0 Å². The third kappa shape index (κ3) is 3.34. The van der Waals surface area contributed by atoms with Gasteiger partial charge in [-0.25, -0.2) is 0 Å². The first-order valence-electron chi connectivity index (χ1n) is 6.59. The average molecular weight is 217 g/mol. The highest BCUT2D eigenvalue weighted by Gasteiger charge is 2.22. The van der Waals surface area contributed by atoms with Gasteiger partial charge in [0, 0.05) is 6.04 Å². The molecule has 1 aromatic carbocycles. The standard InChI is InChI=1S/C15H23N/c1-3-16-15(11-8-13-6-7-13)14-9-4-12(2)5-10-14/h4-5,9-10,13,15-16H,3,6-8,11H2,1-2H3. The number of hydrogen-bond acceptors (Lipinski definition) is 1. The molecule has 1 nitrogen and oxygen atoms in total. The normalized spacial score (nSPS) is 17.4. The predicted molar refractivity (Wildman–Crippen MR) is 69.6 cm³/mol. The van der Waals surface area contributed by atoms with Crippen molar-refractivity contribution in [2.24, 2.45) is 5.92 Å². The lowest BCUT2D eigenvalue weighted by atomic mass is 9.99. The first-order valence-corrected chi connectivity index (χ1v) is 6.59. The third-order valence-electron chi connectivity index (χ3n) is 3.49. The molecule has 0 spiro atoms. The number of rotatable bonds is 6. The van der Waals surface area contributed by atoms with Gasteiger partial charge in [0.15, 0.2) is 0 Å². The Kier molecular flexibility index (Phi) is 4.00. The quantitative estimate of drug-likeness (QED) is 0.763. The number of nitrogens with one attached hydrogen (secondary N) is 1. The second-order valence-electron chi connectivity index (χ2n) is 5.04. The van der Waals surface area contributed by atoms with Gasteiger partial charge >= 0.3 is 0 Å². The summed E-state index contributed by atoms with van der Waals surface area (Å²) in [5.41, 5.74) is 2.80. The Balaban J connectivity index is 1.95. The minimum atomic E-state index is 0.561. The maximum atomic E-state index is 3.60. The maximum Gasteiger partial charge on any atom is 0.0320 e. The fourth-order valence-electron chi connectivity index (χ4n) is 2.24. The summed E-state index contributed by atoms with van der Waals surface area (Å²) in [4.78, 5) is 0. The lowest BCUT2D eigenvalue weighted by Gasteiger charge is -2.18. The molecular formula is C15H23N. The summed E-state index contributed by atoms with van der Waals surface area (Å²) in [6.45, 7) is 5.40. The Bertz CT molecular complexity index is 311. The van der Waals surface area contributed by atoms with Crippen LogP contribution in [-0.4, -0.2) is 6.54 Å². The summed E-state index contributed by atoms with van der Waals surface area (Å²) in [6.07, 6.45) is 5.62. The van der Waals surface area contributed by atoms with E-state index in [1.807, 2.05) is 0 Å². The molecule has 16 heavy (non-hydrogen) atoms. The molecule has 0 aromatic heterocycles. The van der Waals surface area contributed by atoms with Crippen LogP contribution in [-0.2, 0) is 0 Å². The van der Waals surface area contributed by atoms with Crippen molar-refractivity contribution in [2.45, 2.75) is 45.6 Å². The largest absolute Gasteiger partial charge is 0.310 e. The summed E-state index contributed by atoms with van der Waals surface area (Å²) in [5, 5.41) is 3.60. The molecule has 0 aliphatic heterocycles. The predicted octanol–water partition coefficient (Wildman–Crippen LogP) is 3.84. The van der Waals surface area contributed by atoms with E-state index in [-0.39, 0.29) is 0 Å². The second-order valence-corrected chi connectivity index (χ2v) is 5.04. The Morgan fingerprint density at radius 1 is 1.25 bits per heavy atom. The van der Waals surface area contributed by atoms with Crippen LogP contribution in [0.15, 0.2) is 24.3 Å². The summed E-state index contributed by atoms with van der Waals surface area (Å²) in [7, 11) is 0.